The number of rotatable bonds is 0. The molecule has 0 aromatic rings. The molecule has 2 nitrogen and oxygen atoms in total. The fourth-order valence-electron chi connectivity index (χ4n) is 1.95. The van der Waals surface area contributed by atoms with Gasteiger partial charge in [0.15, 0.2) is 0 Å². The summed E-state index contributed by atoms with van der Waals surface area (Å²) in [5.41, 5.74) is 0.421. The summed E-state index contributed by atoms with van der Waals surface area (Å²) < 4.78 is 0. The molecule has 0 amide bonds. The molecular formula is C10H22N2. The molecule has 1 aliphatic rings. The van der Waals surface area contributed by atoms with Crippen molar-refractivity contribution in [1.82, 2.24) is 5.01 Å². The molecule has 2 N–H and O–H groups in total. The Hall–Kier alpha value is -0.0800. The van der Waals surface area contributed by atoms with Gasteiger partial charge >= 0.3 is 0 Å². The lowest BCUT2D eigenvalue weighted by Gasteiger charge is -2.54. The molecule has 1 saturated heterocycles. The fraction of sp³-hybridized carbons (Fsp3) is 1.00. The highest BCUT2D eigenvalue weighted by molar-refractivity contribution is 4.99. The van der Waals surface area contributed by atoms with Crippen LogP contribution in [0.5, 0.6) is 0 Å². The normalized spacial score (nSPS) is 35.0. The molecule has 0 spiro atoms. The summed E-state index contributed by atoms with van der Waals surface area (Å²) in [5, 5.41) is 1.99. The van der Waals surface area contributed by atoms with E-state index in [-0.39, 0.29) is 5.54 Å². The van der Waals surface area contributed by atoms with Crippen LogP contribution in [0.25, 0.3) is 0 Å². The molecule has 0 aliphatic carbocycles. The smallest absolute Gasteiger partial charge is 0.0349 e. The first-order chi connectivity index (χ1) is 5.30. The van der Waals surface area contributed by atoms with Gasteiger partial charge in [-0.1, -0.05) is 20.8 Å². The minimum Gasteiger partial charge on any atom is -0.268 e. The van der Waals surface area contributed by atoms with Crippen molar-refractivity contribution in [2.45, 2.75) is 46.6 Å². The molecule has 2 heteroatoms. The summed E-state index contributed by atoms with van der Waals surface area (Å²) in [6.07, 6.45) is 1.22. The number of hydrogen-bond acceptors (Lipinski definition) is 2. The SMILES string of the molecule is CC1CCN(N)C(C)(C)C1(C)C. The molecule has 0 aromatic heterocycles. The lowest BCUT2D eigenvalue weighted by molar-refractivity contribution is -0.0669. The van der Waals surface area contributed by atoms with E-state index in [0.29, 0.717) is 5.41 Å². The van der Waals surface area contributed by atoms with Gasteiger partial charge in [-0.2, -0.15) is 0 Å². The molecule has 12 heavy (non-hydrogen) atoms. The van der Waals surface area contributed by atoms with Crippen LogP contribution in [0.15, 0.2) is 0 Å². The zero-order valence-electron chi connectivity index (χ0n) is 9.02. The fourth-order valence-corrected chi connectivity index (χ4v) is 1.95. The zero-order valence-corrected chi connectivity index (χ0v) is 9.02. The van der Waals surface area contributed by atoms with Crippen molar-refractivity contribution in [2.24, 2.45) is 17.2 Å². The largest absolute Gasteiger partial charge is 0.268 e. The summed E-state index contributed by atoms with van der Waals surface area (Å²) in [4.78, 5) is 0. The average molecular weight is 170 g/mol. The standard InChI is InChI=1S/C10H22N2/c1-8-6-7-12(11)10(4,5)9(8,2)3/h8H,6-7,11H2,1-5H3. The first kappa shape index (κ1) is 10.0. The van der Waals surface area contributed by atoms with Crippen LogP contribution in [0, 0.1) is 11.3 Å². The summed E-state index contributed by atoms with van der Waals surface area (Å²) >= 11 is 0. The Morgan fingerprint density at radius 2 is 1.75 bits per heavy atom. The Morgan fingerprint density at radius 1 is 1.25 bits per heavy atom. The maximum Gasteiger partial charge on any atom is 0.0349 e. The number of piperidine rings is 1. The molecule has 0 aromatic carbocycles. The van der Waals surface area contributed by atoms with E-state index in [1.165, 1.54) is 6.42 Å². The summed E-state index contributed by atoms with van der Waals surface area (Å²) in [6, 6.07) is 0. The second-order valence-corrected chi connectivity index (χ2v) is 5.16. The number of nitrogens with two attached hydrogens (primary N) is 1. The number of nitrogens with zero attached hydrogens (tertiary/aromatic N) is 1. The summed E-state index contributed by atoms with van der Waals surface area (Å²) in [7, 11) is 0. The molecule has 0 bridgehead atoms. The van der Waals surface area contributed by atoms with Gasteiger partial charge in [-0.05, 0) is 31.6 Å². The molecular weight excluding hydrogens is 148 g/mol. The molecule has 1 atom stereocenters. The zero-order chi connectivity index (χ0) is 9.57. The second kappa shape index (κ2) is 2.71. The van der Waals surface area contributed by atoms with Crippen LogP contribution >= 0.6 is 0 Å². The van der Waals surface area contributed by atoms with Crippen molar-refractivity contribution < 1.29 is 0 Å². The maximum absolute atomic E-state index is 5.98. The molecule has 72 valence electrons. The minimum atomic E-state index is 0.116. The third-order valence-corrected chi connectivity index (χ3v) is 4.33. The molecule has 0 saturated carbocycles. The Labute approximate surface area is 76.1 Å². The van der Waals surface area contributed by atoms with Gasteiger partial charge in [0, 0.05) is 12.1 Å². The van der Waals surface area contributed by atoms with Gasteiger partial charge < -0.3 is 0 Å². The maximum atomic E-state index is 5.98. The predicted octanol–water partition coefficient (Wildman–Crippen LogP) is 2.01. The van der Waals surface area contributed by atoms with E-state index in [4.69, 9.17) is 5.84 Å². The first-order valence-electron chi connectivity index (χ1n) is 4.82. The predicted molar refractivity (Wildman–Crippen MR) is 52.5 cm³/mol. The van der Waals surface area contributed by atoms with Crippen molar-refractivity contribution in [2.75, 3.05) is 6.54 Å². The van der Waals surface area contributed by atoms with Crippen LogP contribution in [0.2, 0.25) is 0 Å². The minimum absolute atomic E-state index is 0.116. The van der Waals surface area contributed by atoms with Crippen LogP contribution in [-0.2, 0) is 0 Å². The highest BCUT2D eigenvalue weighted by Crippen LogP contribution is 2.45. The highest BCUT2D eigenvalue weighted by atomic mass is 15.4. The Bertz CT molecular complexity index is 153. The molecule has 1 aliphatic heterocycles. The van der Waals surface area contributed by atoms with Gasteiger partial charge in [-0.3, -0.25) is 5.84 Å². The van der Waals surface area contributed by atoms with E-state index in [1.54, 1.807) is 0 Å². The molecule has 1 heterocycles. The van der Waals surface area contributed by atoms with Crippen LogP contribution < -0.4 is 5.84 Å². The van der Waals surface area contributed by atoms with Crippen LogP contribution in [0.1, 0.15) is 41.0 Å². The quantitative estimate of drug-likeness (QED) is 0.563. The molecule has 0 radical (unpaired) electrons. The molecule has 1 fully saturated rings. The number of hydrogen-bond donors (Lipinski definition) is 1. The van der Waals surface area contributed by atoms with Crippen LogP contribution in [0.4, 0.5) is 0 Å². The summed E-state index contributed by atoms with van der Waals surface area (Å²) in [6.45, 7) is 12.5. The Morgan fingerprint density at radius 3 is 2.17 bits per heavy atom. The Balaban J connectivity index is 2.92. The van der Waals surface area contributed by atoms with Gasteiger partial charge in [0.05, 0.1) is 0 Å². The first-order valence-corrected chi connectivity index (χ1v) is 4.82. The molecule has 1 rings (SSSR count). The highest BCUT2D eigenvalue weighted by Gasteiger charge is 2.47. The van der Waals surface area contributed by atoms with Crippen LogP contribution in [0.3, 0.4) is 0 Å². The van der Waals surface area contributed by atoms with Gasteiger partial charge in [-0.15, -0.1) is 0 Å². The Kier molecular flexibility index (Phi) is 2.26. The van der Waals surface area contributed by atoms with Crippen molar-refractivity contribution >= 4 is 0 Å². The van der Waals surface area contributed by atoms with Crippen molar-refractivity contribution in [3.8, 4) is 0 Å². The van der Waals surface area contributed by atoms with E-state index in [9.17, 15) is 0 Å². The van der Waals surface area contributed by atoms with Crippen molar-refractivity contribution in [3.63, 3.8) is 0 Å². The second-order valence-electron chi connectivity index (χ2n) is 5.16. The van der Waals surface area contributed by atoms with Crippen LogP contribution in [-0.4, -0.2) is 17.1 Å². The lowest BCUT2D eigenvalue weighted by Crippen LogP contribution is -2.63. The van der Waals surface area contributed by atoms with E-state index in [2.05, 4.69) is 34.6 Å². The van der Waals surface area contributed by atoms with E-state index in [1.807, 2.05) is 5.01 Å². The average Bonchev–Trinajstić information content (AvgIpc) is 1.96. The van der Waals surface area contributed by atoms with Gasteiger partial charge in [0.1, 0.15) is 0 Å². The third-order valence-electron chi connectivity index (χ3n) is 4.33. The summed E-state index contributed by atoms with van der Waals surface area (Å²) in [5.74, 6) is 6.74. The van der Waals surface area contributed by atoms with Gasteiger partial charge in [0.25, 0.3) is 0 Å². The van der Waals surface area contributed by atoms with E-state index < -0.39 is 0 Å². The lowest BCUT2D eigenvalue weighted by atomic mass is 9.63. The van der Waals surface area contributed by atoms with E-state index in [0.717, 1.165) is 12.5 Å². The third kappa shape index (κ3) is 1.17. The van der Waals surface area contributed by atoms with E-state index >= 15 is 0 Å². The van der Waals surface area contributed by atoms with Gasteiger partial charge in [-0.25, -0.2) is 5.01 Å². The monoisotopic (exact) mass is 170 g/mol. The number of hydrazine groups is 1. The van der Waals surface area contributed by atoms with Crippen molar-refractivity contribution in [1.29, 1.82) is 0 Å². The van der Waals surface area contributed by atoms with Gasteiger partial charge in [0.2, 0.25) is 0 Å². The molecule has 1 unspecified atom stereocenters. The van der Waals surface area contributed by atoms with Crippen molar-refractivity contribution in [3.05, 3.63) is 0 Å². The topological polar surface area (TPSA) is 29.3 Å².